The second kappa shape index (κ2) is 5.14. The summed E-state index contributed by atoms with van der Waals surface area (Å²) in [6.45, 7) is 4.34. The molecule has 13 heavy (non-hydrogen) atoms. The van der Waals surface area contributed by atoms with Gasteiger partial charge in [0.2, 0.25) is 0 Å². The van der Waals surface area contributed by atoms with Gasteiger partial charge in [0.1, 0.15) is 0 Å². The van der Waals surface area contributed by atoms with E-state index in [0.29, 0.717) is 3.92 Å². The molecule has 1 unspecified atom stereocenters. The van der Waals surface area contributed by atoms with E-state index in [4.69, 9.17) is 5.11 Å². The van der Waals surface area contributed by atoms with Gasteiger partial charge in [-0.1, -0.05) is 29.5 Å². The topological polar surface area (TPSA) is 40.5 Å². The molecule has 1 atom stereocenters. The van der Waals surface area contributed by atoms with Crippen molar-refractivity contribution < 1.29 is 9.90 Å². The third-order valence-electron chi connectivity index (χ3n) is 2.64. The van der Waals surface area contributed by atoms with Gasteiger partial charge >= 0.3 is 5.97 Å². The number of carboxylic acids is 1. The number of rotatable bonds is 3. The molecule has 3 nitrogen and oxygen atoms in total. The van der Waals surface area contributed by atoms with E-state index in [-0.39, 0.29) is 6.54 Å². The molecule has 0 bridgehead atoms. The summed E-state index contributed by atoms with van der Waals surface area (Å²) in [5.74, 6) is 0.0756. The average molecular weight is 297 g/mol. The third kappa shape index (κ3) is 3.81. The first-order chi connectivity index (χ1) is 6.09. The Hall–Kier alpha value is 0.160. The number of alkyl halides is 1. The van der Waals surface area contributed by atoms with Gasteiger partial charge < -0.3 is 5.11 Å². The Labute approximate surface area is 92.6 Å². The number of piperidine rings is 1. The molecule has 1 saturated heterocycles. The number of hydrogen-bond donors (Lipinski definition) is 1. The van der Waals surface area contributed by atoms with Crippen molar-refractivity contribution in [1.29, 1.82) is 0 Å². The van der Waals surface area contributed by atoms with Crippen LogP contribution in [0.2, 0.25) is 0 Å². The van der Waals surface area contributed by atoms with E-state index >= 15 is 0 Å². The molecule has 0 saturated carbocycles. The van der Waals surface area contributed by atoms with Crippen molar-refractivity contribution in [3.8, 4) is 0 Å². The van der Waals surface area contributed by atoms with Crippen molar-refractivity contribution in [2.45, 2.75) is 23.7 Å². The molecular weight excluding hydrogens is 281 g/mol. The van der Waals surface area contributed by atoms with Crippen LogP contribution in [0.3, 0.4) is 0 Å². The van der Waals surface area contributed by atoms with Crippen LogP contribution < -0.4 is 0 Å². The van der Waals surface area contributed by atoms with Crippen molar-refractivity contribution in [3.63, 3.8) is 0 Å². The van der Waals surface area contributed by atoms with Crippen LogP contribution in [-0.4, -0.2) is 39.5 Å². The molecule has 0 spiro atoms. The summed E-state index contributed by atoms with van der Waals surface area (Å²) in [4.78, 5) is 12.5. The van der Waals surface area contributed by atoms with Crippen molar-refractivity contribution in [2.24, 2.45) is 5.92 Å². The van der Waals surface area contributed by atoms with E-state index in [9.17, 15) is 4.79 Å². The van der Waals surface area contributed by atoms with E-state index < -0.39 is 5.97 Å². The van der Waals surface area contributed by atoms with Gasteiger partial charge in [0, 0.05) is 3.92 Å². The van der Waals surface area contributed by atoms with Crippen LogP contribution in [-0.2, 0) is 4.79 Å². The summed E-state index contributed by atoms with van der Waals surface area (Å²) in [5, 5.41) is 8.60. The molecule has 1 rings (SSSR count). The smallest absolute Gasteiger partial charge is 0.317 e. The molecule has 1 fully saturated rings. The zero-order valence-corrected chi connectivity index (χ0v) is 10.0. The molecule has 0 aromatic heterocycles. The van der Waals surface area contributed by atoms with Crippen LogP contribution in [0.15, 0.2) is 0 Å². The zero-order chi connectivity index (χ0) is 9.84. The van der Waals surface area contributed by atoms with Gasteiger partial charge in [-0.2, -0.15) is 0 Å². The lowest BCUT2D eigenvalue weighted by atomic mass is 9.94. The molecule has 4 heteroatoms. The van der Waals surface area contributed by atoms with Crippen LogP contribution in [0.4, 0.5) is 0 Å². The lowest BCUT2D eigenvalue weighted by Crippen LogP contribution is -2.38. The first kappa shape index (κ1) is 11.2. The van der Waals surface area contributed by atoms with Gasteiger partial charge in [0.05, 0.1) is 6.54 Å². The fourth-order valence-electron chi connectivity index (χ4n) is 1.76. The summed E-state index contributed by atoms with van der Waals surface area (Å²) < 4.78 is 0.713. The van der Waals surface area contributed by atoms with Gasteiger partial charge in [-0.05, 0) is 31.8 Å². The van der Waals surface area contributed by atoms with E-state index in [1.54, 1.807) is 0 Å². The lowest BCUT2D eigenvalue weighted by molar-refractivity contribution is -0.138. The number of aliphatic carboxylic acids is 1. The van der Waals surface area contributed by atoms with Crippen molar-refractivity contribution >= 4 is 28.6 Å². The molecule has 0 aliphatic carbocycles. The molecule has 1 aliphatic heterocycles. The van der Waals surface area contributed by atoms with Gasteiger partial charge in [-0.3, -0.25) is 9.69 Å². The lowest BCUT2D eigenvalue weighted by Gasteiger charge is -2.32. The second-order valence-electron chi connectivity index (χ2n) is 3.68. The predicted molar refractivity (Wildman–Crippen MR) is 60.3 cm³/mol. The molecule has 1 N–H and O–H groups in total. The van der Waals surface area contributed by atoms with Gasteiger partial charge in [0.25, 0.3) is 0 Å². The number of carboxylic acid groups (broad SMARTS) is 1. The minimum atomic E-state index is -0.707. The highest BCUT2D eigenvalue weighted by Gasteiger charge is 2.22. The highest BCUT2D eigenvalue weighted by molar-refractivity contribution is 14.1. The maximum Gasteiger partial charge on any atom is 0.317 e. The molecule has 0 amide bonds. The normalized spacial score (nSPS) is 22.9. The Morgan fingerprint density at radius 2 is 2.15 bits per heavy atom. The SMILES string of the molecule is CC(I)C1CCN(CC(=O)O)CC1. The Morgan fingerprint density at radius 3 is 2.54 bits per heavy atom. The maximum atomic E-state index is 10.4. The van der Waals surface area contributed by atoms with E-state index in [2.05, 4.69) is 29.5 Å². The van der Waals surface area contributed by atoms with Crippen LogP contribution in [0.25, 0.3) is 0 Å². The van der Waals surface area contributed by atoms with Crippen LogP contribution in [0, 0.1) is 5.92 Å². The van der Waals surface area contributed by atoms with E-state index in [1.165, 1.54) is 0 Å². The number of halogens is 1. The maximum absolute atomic E-state index is 10.4. The number of hydrogen-bond acceptors (Lipinski definition) is 2. The van der Waals surface area contributed by atoms with Gasteiger partial charge in [0.15, 0.2) is 0 Å². The average Bonchev–Trinajstić information content (AvgIpc) is 2.04. The molecule has 0 aromatic rings. The quantitative estimate of drug-likeness (QED) is 0.635. The van der Waals surface area contributed by atoms with Crippen molar-refractivity contribution in [3.05, 3.63) is 0 Å². The summed E-state index contributed by atoms with van der Waals surface area (Å²) in [6, 6.07) is 0. The zero-order valence-electron chi connectivity index (χ0n) is 7.87. The summed E-state index contributed by atoms with van der Waals surface area (Å²) >= 11 is 2.46. The largest absolute Gasteiger partial charge is 0.480 e. The van der Waals surface area contributed by atoms with Crippen LogP contribution in [0.1, 0.15) is 19.8 Å². The molecule has 0 radical (unpaired) electrons. The highest BCUT2D eigenvalue weighted by Crippen LogP contribution is 2.24. The Balaban J connectivity index is 2.26. The minimum absolute atomic E-state index is 0.211. The minimum Gasteiger partial charge on any atom is -0.480 e. The van der Waals surface area contributed by atoms with E-state index in [1.807, 2.05) is 4.90 Å². The number of likely N-dealkylation sites (tertiary alicyclic amines) is 1. The highest BCUT2D eigenvalue weighted by atomic mass is 127. The first-order valence-corrected chi connectivity index (χ1v) is 5.92. The second-order valence-corrected chi connectivity index (χ2v) is 5.65. The first-order valence-electron chi connectivity index (χ1n) is 4.68. The number of carbonyl (C=O) groups is 1. The van der Waals surface area contributed by atoms with Gasteiger partial charge in [-0.15, -0.1) is 0 Å². The molecule has 1 heterocycles. The fourth-order valence-corrected chi connectivity index (χ4v) is 2.48. The Bertz CT molecular complexity index is 176. The Morgan fingerprint density at radius 1 is 1.62 bits per heavy atom. The van der Waals surface area contributed by atoms with Crippen LogP contribution >= 0.6 is 22.6 Å². The third-order valence-corrected chi connectivity index (χ3v) is 3.66. The van der Waals surface area contributed by atoms with Crippen molar-refractivity contribution in [1.82, 2.24) is 4.90 Å². The van der Waals surface area contributed by atoms with Gasteiger partial charge in [-0.25, -0.2) is 0 Å². The Kier molecular flexibility index (Phi) is 4.45. The fraction of sp³-hybridized carbons (Fsp3) is 0.889. The monoisotopic (exact) mass is 297 g/mol. The molecular formula is C9H16INO2. The molecule has 1 aliphatic rings. The van der Waals surface area contributed by atoms with Crippen molar-refractivity contribution in [2.75, 3.05) is 19.6 Å². The standard InChI is InChI=1S/C9H16INO2/c1-7(10)8-2-4-11(5-3-8)6-9(12)13/h7-8H,2-6H2,1H3,(H,12,13). The summed E-state index contributed by atoms with van der Waals surface area (Å²) in [6.07, 6.45) is 2.30. The molecule has 0 aromatic carbocycles. The number of nitrogens with zero attached hydrogens (tertiary/aromatic N) is 1. The van der Waals surface area contributed by atoms with Crippen LogP contribution in [0.5, 0.6) is 0 Å². The summed E-state index contributed by atoms with van der Waals surface area (Å²) in [5.41, 5.74) is 0. The van der Waals surface area contributed by atoms with E-state index in [0.717, 1.165) is 31.8 Å². The molecule has 76 valence electrons. The summed E-state index contributed by atoms with van der Waals surface area (Å²) in [7, 11) is 0. The predicted octanol–water partition coefficient (Wildman–Crippen LogP) is 1.61.